The number of aryl methyl sites for hydroxylation is 3. The van der Waals surface area contributed by atoms with Crippen molar-refractivity contribution in [1.82, 2.24) is 14.5 Å². The predicted molar refractivity (Wildman–Crippen MR) is 127 cm³/mol. The van der Waals surface area contributed by atoms with Crippen molar-refractivity contribution in [1.29, 1.82) is 0 Å². The van der Waals surface area contributed by atoms with Gasteiger partial charge in [0, 0.05) is 45.4 Å². The highest BCUT2D eigenvalue weighted by Crippen LogP contribution is 2.30. The van der Waals surface area contributed by atoms with Crippen LogP contribution in [0.3, 0.4) is 0 Å². The Morgan fingerprint density at radius 2 is 1.72 bits per heavy atom. The van der Waals surface area contributed by atoms with Crippen molar-refractivity contribution in [3.8, 4) is 0 Å². The number of hydrogen-bond acceptors (Lipinski definition) is 6. The largest absolute Gasteiger partial charge is 0.455 e. The third-order valence-corrected chi connectivity index (χ3v) is 5.84. The molecule has 0 radical (unpaired) electrons. The van der Waals surface area contributed by atoms with E-state index in [-0.39, 0.29) is 18.3 Å². The Bertz CT molecular complexity index is 1300. The van der Waals surface area contributed by atoms with Gasteiger partial charge >= 0.3 is 5.97 Å². The van der Waals surface area contributed by atoms with E-state index in [4.69, 9.17) is 4.74 Å². The van der Waals surface area contributed by atoms with Crippen molar-refractivity contribution in [3.05, 3.63) is 59.9 Å². The molecule has 2 heterocycles. The van der Waals surface area contributed by atoms with Gasteiger partial charge in [0.25, 0.3) is 5.91 Å². The average molecular weight is 449 g/mol. The lowest BCUT2D eigenvalue weighted by molar-refractivity contribution is -0.144. The highest BCUT2D eigenvalue weighted by Gasteiger charge is 2.13. The van der Waals surface area contributed by atoms with Gasteiger partial charge in [0.1, 0.15) is 0 Å². The number of rotatable bonds is 7. The standard InChI is InChI=1S/C24H24N4O3S/c1-4-28-20-8-6-5-7-18(20)19-12-17(9-10-21(19)28)27-22(29)13-31-23(30)14-32-24-25-15(2)11-16(3)26-24/h5-12H,4,13-14H2,1-3H3,(H,27,29). The fraction of sp³-hybridized carbons (Fsp3) is 0.250. The van der Waals surface area contributed by atoms with Crippen molar-refractivity contribution in [2.45, 2.75) is 32.5 Å². The van der Waals surface area contributed by atoms with E-state index < -0.39 is 5.97 Å². The Morgan fingerprint density at radius 3 is 2.47 bits per heavy atom. The first-order valence-corrected chi connectivity index (χ1v) is 11.3. The molecule has 2 aromatic heterocycles. The van der Waals surface area contributed by atoms with Crippen molar-refractivity contribution in [2.75, 3.05) is 17.7 Å². The third kappa shape index (κ3) is 4.75. The number of fused-ring (bicyclic) bond motifs is 3. The van der Waals surface area contributed by atoms with Gasteiger partial charge < -0.3 is 14.6 Å². The zero-order chi connectivity index (χ0) is 22.7. The molecular weight excluding hydrogens is 424 g/mol. The van der Waals surface area contributed by atoms with Gasteiger partial charge in [0.15, 0.2) is 11.8 Å². The molecule has 0 bridgehead atoms. The van der Waals surface area contributed by atoms with Crippen LogP contribution in [0.4, 0.5) is 5.69 Å². The molecule has 0 fully saturated rings. The first kappa shape index (κ1) is 21.8. The van der Waals surface area contributed by atoms with Crippen molar-refractivity contribution in [2.24, 2.45) is 0 Å². The van der Waals surface area contributed by atoms with Gasteiger partial charge in [-0.05, 0) is 51.1 Å². The van der Waals surface area contributed by atoms with E-state index >= 15 is 0 Å². The number of carbonyl (C=O) groups is 2. The zero-order valence-electron chi connectivity index (χ0n) is 18.2. The smallest absolute Gasteiger partial charge is 0.316 e. The van der Waals surface area contributed by atoms with Gasteiger partial charge in [-0.1, -0.05) is 30.0 Å². The number of thioether (sulfide) groups is 1. The summed E-state index contributed by atoms with van der Waals surface area (Å²) in [6.07, 6.45) is 0. The van der Waals surface area contributed by atoms with Crippen molar-refractivity contribution in [3.63, 3.8) is 0 Å². The summed E-state index contributed by atoms with van der Waals surface area (Å²) in [5, 5.41) is 5.54. The number of ether oxygens (including phenoxy) is 1. The van der Waals surface area contributed by atoms with E-state index in [1.165, 1.54) is 11.8 Å². The summed E-state index contributed by atoms with van der Waals surface area (Å²) in [7, 11) is 0. The monoisotopic (exact) mass is 448 g/mol. The second-order valence-corrected chi connectivity index (χ2v) is 8.37. The SMILES string of the molecule is CCn1c2ccccc2c2cc(NC(=O)COC(=O)CSc3nc(C)cc(C)n3)ccc21. The van der Waals surface area contributed by atoms with Crippen LogP contribution in [-0.2, 0) is 20.9 Å². The minimum absolute atomic E-state index is 0.0403. The van der Waals surface area contributed by atoms with Crippen molar-refractivity contribution < 1.29 is 14.3 Å². The van der Waals surface area contributed by atoms with Gasteiger partial charge in [0.05, 0.1) is 5.75 Å². The maximum atomic E-state index is 12.3. The summed E-state index contributed by atoms with van der Waals surface area (Å²) in [6, 6.07) is 15.9. The molecule has 0 aliphatic rings. The molecule has 2 aromatic carbocycles. The first-order chi connectivity index (χ1) is 15.4. The van der Waals surface area contributed by atoms with E-state index in [0.29, 0.717) is 10.8 Å². The maximum Gasteiger partial charge on any atom is 0.316 e. The molecule has 0 saturated carbocycles. The van der Waals surface area contributed by atoms with Crippen LogP contribution in [0, 0.1) is 13.8 Å². The molecule has 0 aliphatic heterocycles. The lowest BCUT2D eigenvalue weighted by Gasteiger charge is -2.08. The Labute approximate surface area is 190 Å². The van der Waals surface area contributed by atoms with Gasteiger partial charge in [-0.15, -0.1) is 0 Å². The van der Waals surface area contributed by atoms with E-state index in [1.807, 2.05) is 50.2 Å². The van der Waals surface area contributed by atoms with E-state index in [1.54, 1.807) is 0 Å². The average Bonchev–Trinajstić information content (AvgIpc) is 3.08. The predicted octanol–water partition coefficient (Wildman–Crippen LogP) is 4.50. The van der Waals surface area contributed by atoms with Crippen molar-refractivity contribution >= 4 is 51.1 Å². The van der Waals surface area contributed by atoms with Crippen LogP contribution in [0.25, 0.3) is 21.8 Å². The molecule has 7 nitrogen and oxygen atoms in total. The van der Waals surface area contributed by atoms with Gasteiger partial charge in [-0.2, -0.15) is 0 Å². The number of amides is 1. The summed E-state index contributed by atoms with van der Waals surface area (Å²) < 4.78 is 7.35. The van der Waals surface area contributed by atoms with E-state index in [0.717, 1.165) is 39.7 Å². The number of hydrogen-bond donors (Lipinski definition) is 1. The van der Waals surface area contributed by atoms with Gasteiger partial charge in [0.2, 0.25) is 0 Å². The fourth-order valence-electron chi connectivity index (χ4n) is 3.74. The van der Waals surface area contributed by atoms with Gasteiger partial charge in [-0.3, -0.25) is 9.59 Å². The molecule has 0 aliphatic carbocycles. The van der Waals surface area contributed by atoms with Crippen LogP contribution in [0.1, 0.15) is 18.3 Å². The molecule has 8 heteroatoms. The molecule has 4 aromatic rings. The number of aromatic nitrogens is 3. The lowest BCUT2D eigenvalue weighted by atomic mass is 10.1. The Morgan fingerprint density at radius 1 is 1.00 bits per heavy atom. The molecule has 32 heavy (non-hydrogen) atoms. The van der Waals surface area contributed by atoms with E-state index in [9.17, 15) is 9.59 Å². The summed E-state index contributed by atoms with van der Waals surface area (Å²) >= 11 is 1.19. The number of carbonyl (C=O) groups excluding carboxylic acids is 2. The van der Waals surface area contributed by atoms with Crippen LogP contribution >= 0.6 is 11.8 Å². The fourth-order valence-corrected chi connectivity index (χ4v) is 4.49. The molecule has 1 N–H and O–H groups in total. The summed E-state index contributed by atoms with van der Waals surface area (Å²) in [6.45, 7) is 6.37. The van der Waals surface area contributed by atoms with Crippen LogP contribution < -0.4 is 5.32 Å². The van der Waals surface area contributed by atoms with Crippen LogP contribution in [-0.4, -0.2) is 38.8 Å². The number of para-hydroxylation sites is 1. The molecule has 164 valence electrons. The molecule has 4 rings (SSSR count). The normalized spacial score (nSPS) is 11.1. The summed E-state index contributed by atoms with van der Waals surface area (Å²) in [4.78, 5) is 32.9. The number of anilines is 1. The maximum absolute atomic E-state index is 12.3. The Kier molecular flexibility index (Phi) is 6.41. The van der Waals surface area contributed by atoms with Gasteiger partial charge in [-0.25, -0.2) is 9.97 Å². The topological polar surface area (TPSA) is 86.1 Å². The number of benzene rings is 2. The number of nitrogens with one attached hydrogen (secondary N) is 1. The zero-order valence-corrected chi connectivity index (χ0v) is 19.0. The second-order valence-electron chi connectivity index (χ2n) is 7.42. The lowest BCUT2D eigenvalue weighted by Crippen LogP contribution is -2.21. The second kappa shape index (κ2) is 9.40. The Hall–Kier alpha value is -3.39. The third-order valence-electron chi connectivity index (χ3n) is 5.02. The summed E-state index contributed by atoms with van der Waals surface area (Å²) in [5.74, 6) is -0.836. The van der Waals surface area contributed by atoms with Crippen LogP contribution in [0.5, 0.6) is 0 Å². The number of esters is 1. The quantitative estimate of drug-likeness (QED) is 0.255. The molecule has 0 unspecified atom stereocenters. The van der Waals surface area contributed by atoms with Crippen LogP contribution in [0.2, 0.25) is 0 Å². The molecule has 0 atom stereocenters. The molecule has 1 amide bonds. The molecule has 0 saturated heterocycles. The first-order valence-electron chi connectivity index (χ1n) is 10.4. The van der Waals surface area contributed by atoms with E-state index in [2.05, 4.69) is 38.9 Å². The minimum Gasteiger partial charge on any atom is -0.455 e. The molecule has 0 spiro atoms. The summed E-state index contributed by atoms with van der Waals surface area (Å²) in [5.41, 5.74) is 4.62. The highest BCUT2D eigenvalue weighted by molar-refractivity contribution is 7.99. The minimum atomic E-state index is -0.491. The highest BCUT2D eigenvalue weighted by atomic mass is 32.2. The number of nitrogens with zero attached hydrogens (tertiary/aromatic N) is 3. The Balaban J connectivity index is 1.36. The molecular formula is C24H24N4O3S. The van der Waals surface area contributed by atoms with Crippen LogP contribution in [0.15, 0.2) is 53.7 Å².